The highest BCUT2D eigenvalue weighted by Crippen LogP contribution is 2.17. The summed E-state index contributed by atoms with van der Waals surface area (Å²) in [5.41, 5.74) is 2.57. The lowest BCUT2D eigenvalue weighted by molar-refractivity contribution is -0.895. The van der Waals surface area contributed by atoms with E-state index in [4.69, 9.17) is 4.74 Å². The zero-order valence-corrected chi connectivity index (χ0v) is 16.7. The average molecular weight is 396 g/mol. The van der Waals surface area contributed by atoms with Gasteiger partial charge in [-0.05, 0) is 36.8 Å². The number of methoxy groups -OCH3 is 1. The number of esters is 1. The maximum Gasteiger partial charge on any atom is 0.337 e. The summed E-state index contributed by atoms with van der Waals surface area (Å²) in [4.78, 5) is 39.7. The van der Waals surface area contributed by atoms with Crippen LogP contribution in [-0.4, -0.2) is 62.5 Å². The van der Waals surface area contributed by atoms with Crippen LogP contribution in [0.4, 0.5) is 5.69 Å². The van der Waals surface area contributed by atoms with Crippen LogP contribution in [0.1, 0.15) is 26.3 Å². The first kappa shape index (κ1) is 20.5. The summed E-state index contributed by atoms with van der Waals surface area (Å²) in [6.07, 6.45) is 0. The SMILES string of the molecule is COC(=O)c1ccc(C)c(NC(=O)C[NH+]2CCN(C(=O)c3ccccc3)CC2)c1. The number of benzene rings is 2. The van der Waals surface area contributed by atoms with Gasteiger partial charge < -0.3 is 19.9 Å². The molecule has 1 fully saturated rings. The Balaban J connectivity index is 1.53. The maximum atomic E-state index is 12.5. The van der Waals surface area contributed by atoms with Gasteiger partial charge in [0.05, 0.1) is 38.9 Å². The summed E-state index contributed by atoms with van der Waals surface area (Å²) in [5, 5.41) is 2.89. The summed E-state index contributed by atoms with van der Waals surface area (Å²) < 4.78 is 4.73. The Kier molecular flexibility index (Phi) is 6.61. The molecule has 7 heteroatoms. The first-order valence-electron chi connectivity index (χ1n) is 9.64. The molecule has 1 aliphatic heterocycles. The minimum absolute atomic E-state index is 0.0318. The van der Waals surface area contributed by atoms with E-state index in [1.165, 1.54) is 7.11 Å². The molecule has 7 nitrogen and oxygen atoms in total. The molecule has 1 aliphatic rings. The van der Waals surface area contributed by atoms with Crippen LogP contribution < -0.4 is 10.2 Å². The molecule has 2 N–H and O–H groups in total. The fraction of sp³-hybridized carbons (Fsp3) is 0.318. The highest BCUT2D eigenvalue weighted by Gasteiger charge is 2.26. The van der Waals surface area contributed by atoms with Gasteiger partial charge in [-0.1, -0.05) is 24.3 Å². The third-order valence-electron chi connectivity index (χ3n) is 5.12. The van der Waals surface area contributed by atoms with Gasteiger partial charge >= 0.3 is 5.97 Å². The lowest BCUT2D eigenvalue weighted by atomic mass is 10.1. The van der Waals surface area contributed by atoms with Gasteiger partial charge in [0, 0.05) is 11.3 Å². The number of anilines is 1. The number of nitrogens with one attached hydrogen (secondary N) is 2. The van der Waals surface area contributed by atoms with Crippen LogP contribution in [0.5, 0.6) is 0 Å². The number of amides is 2. The fourth-order valence-corrected chi connectivity index (χ4v) is 3.39. The molecule has 2 amide bonds. The van der Waals surface area contributed by atoms with Gasteiger partial charge in [-0.3, -0.25) is 9.59 Å². The number of nitrogens with zero attached hydrogens (tertiary/aromatic N) is 1. The van der Waals surface area contributed by atoms with Crippen molar-refractivity contribution in [1.29, 1.82) is 0 Å². The number of hydrogen-bond donors (Lipinski definition) is 2. The van der Waals surface area contributed by atoms with Gasteiger partial charge in [-0.25, -0.2) is 4.79 Å². The van der Waals surface area contributed by atoms with Crippen molar-refractivity contribution in [3.05, 3.63) is 65.2 Å². The smallest absolute Gasteiger partial charge is 0.337 e. The van der Waals surface area contributed by atoms with E-state index in [-0.39, 0.29) is 11.8 Å². The van der Waals surface area contributed by atoms with Crippen LogP contribution in [-0.2, 0) is 9.53 Å². The largest absolute Gasteiger partial charge is 0.465 e. The average Bonchev–Trinajstić information content (AvgIpc) is 2.75. The molecular weight excluding hydrogens is 370 g/mol. The van der Waals surface area contributed by atoms with Crippen LogP contribution >= 0.6 is 0 Å². The summed E-state index contributed by atoms with van der Waals surface area (Å²) >= 11 is 0. The van der Waals surface area contributed by atoms with Crippen molar-refractivity contribution < 1.29 is 24.0 Å². The Hall–Kier alpha value is -3.19. The van der Waals surface area contributed by atoms with Gasteiger partial charge in [-0.2, -0.15) is 0 Å². The molecule has 2 aromatic rings. The monoisotopic (exact) mass is 396 g/mol. The van der Waals surface area contributed by atoms with Crippen LogP contribution in [0.3, 0.4) is 0 Å². The van der Waals surface area contributed by atoms with E-state index >= 15 is 0 Å². The minimum atomic E-state index is -0.440. The van der Waals surface area contributed by atoms with Gasteiger partial charge in [0.1, 0.15) is 0 Å². The zero-order chi connectivity index (χ0) is 20.8. The van der Waals surface area contributed by atoms with Gasteiger partial charge in [-0.15, -0.1) is 0 Å². The Morgan fingerprint density at radius 2 is 1.72 bits per heavy atom. The third-order valence-corrected chi connectivity index (χ3v) is 5.12. The van der Waals surface area contributed by atoms with Crippen molar-refractivity contribution in [2.24, 2.45) is 0 Å². The Bertz CT molecular complexity index is 890. The Labute approximate surface area is 170 Å². The quantitative estimate of drug-likeness (QED) is 0.732. The molecule has 1 saturated heterocycles. The molecule has 0 aliphatic carbocycles. The summed E-state index contributed by atoms with van der Waals surface area (Å²) in [6.45, 7) is 4.85. The van der Waals surface area contributed by atoms with Crippen LogP contribution in [0.25, 0.3) is 0 Å². The second-order valence-electron chi connectivity index (χ2n) is 7.15. The number of quaternary nitrogens is 1. The molecule has 2 aromatic carbocycles. The van der Waals surface area contributed by atoms with Crippen molar-refractivity contribution in [1.82, 2.24) is 4.90 Å². The fourth-order valence-electron chi connectivity index (χ4n) is 3.39. The van der Waals surface area contributed by atoms with E-state index in [9.17, 15) is 14.4 Å². The normalized spacial score (nSPS) is 14.3. The number of hydrogen-bond acceptors (Lipinski definition) is 4. The Morgan fingerprint density at radius 1 is 1.03 bits per heavy atom. The second kappa shape index (κ2) is 9.34. The van der Waals surface area contributed by atoms with Crippen molar-refractivity contribution in [2.45, 2.75) is 6.92 Å². The van der Waals surface area contributed by atoms with Gasteiger partial charge in [0.2, 0.25) is 0 Å². The number of carbonyl (C=O) groups excluding carboxylic acids is 3. The molecule has 0 aromatic heterocycles. The summed E-state index contributed by atoms with van der Waals surface area (Å²) in [6, 6.07) is 14.3. The van der Waals surface area contributed by atoms with Crippen molar-refractivity contribution >= 4 is 23.5 Å². The van der Waals surface area contributed by atoms with E-state index in [1.54, 1.807) is 18.2 Å². The minimum Gasteiger partial charge on any atom is -0.465 e. The van der Waals surface area contributed by atoms with Crippen LogP contribution in [0, 0.1) is 6.92 Å². The predicted molar refractivity (Wildman–Crippen MR) is 109 cm³/mol. The summed E-state index contributed by atoms with van der Waals surface area (Å²) in [7, 11) is 1.33. The van der Waals surface area contributed by atoms with Crippen molar-refractivity contribution in [3.63, 3.8) is 0 Å². The lowest BCUT2D eigenvalue weighted by Gasteiger charge is -2.32. The number of aryl methyl sites for hydroxylation is 1. The molecule has 0 radical (unpaired) electrons. The number of piperazine rings is 1. The standard InChI is InChI=1S/C22H25N3O4/c1-16-8-9-18(22(28)29-2)14-19(16)23-20(26)15-24-10-12-25(13-11-24)21(27)17-6-4-3-5-7-17/h3-9,14H,10-13,15H2,1-2H3,(H,23,26)/p+1. The molecule has 29 heavy (non-hydrogen) atoms. The number of ether oxygens (including phenoxy) is 1. The van der Waals surface area contributed by atoms with Crippen LogP contribution in [0.15, 0.2) is 48.5 Å². The predicted octanol–water partition coefficient (Wildman–Crippen LogP) is 0.761. The molecule has 152 valence electrons. The molecule has 0 atom stereocenters. The number of carbonyl (C=O) groups is 3. The topological polar surface area (TPSA) is 80.2 Å². The summed E-state index contributed by atoms with van der Waals surface area (Å²) in [5.74, 6) is -0.525. The molecule has 0 unspecified atom stereocenters. The zero-order valence-electron chi connectivity index (χ0n) is 16.7. The third kappa shape index (κ3) is 5.20. The second-order valence-corrected chi connectivity index (χ2v) is 7.15. The molecule has 0 bridgehead atoms. The van der Waals surface area contributed by atoms with Crippen LogP contribution in [0.2, 0.25) is 0 Å². The maximum absolute atomic E-state index is 12.5. The highest BCUT2D eigenvalue weighted by atomic mass is 16.5. The molecule has 0 spiro atoms. The van der Waals surface area contributed by atoms with E-state index in [2.05, 4.69) is 5.32 Å². The van der Waals surface area contributed by atoms with E-state index in [0.717, 1.165) is 10.5 Å². The molecule has 0 saturated carbocycles. The van der Waals surface area contributed by atoms with E-state index in [1.807, 2.05) is 42.2 Å². The van der Waals surface area contributed by atoms with E-state index in [0.29, 0.717) is 49.5 Å². The van der Waals surface area contributed by atoms with Gasteiger partial charge in [0.25, 0.3) is 11.8 Å². The van der Waals surface area contributed by atoms with Crippen molar-refractivity contribution in [3.8, 4) is 0 Å². The Morgan fingerprint density at radius 3 is 2.38 bits per heavy atom. The number of rotatable bonds is 5. The first-order chi connectivity index (χ1) is 14.0. The molecule has 3 rings (SSSR count). The van der Waals surface area contributed by atoms with Gasteiger partial charge in [0.15, 0.2) is 6.54 Å². The molecular formula is C22H26N3O4+. The lowest BCUT2D eigenvalue weighted by Crippen LogP contribution is -3.15. The van der Waals surface area contributed by atoms with E-state index < -0.39 is 5.97 Å². The first-order valence-corrected chi connectivity index (χ1v) is 9.64. The highest BCUT2D eigenvalue weighted by molar-refractivity contribution is 5.96. The molecule has 1 heterocycles. The van der Waals surface area contributed by atoms with Crippen molar-refractivity contribution in [2.75, 3.05) is 45.2 Å².